The van der Waals surface area contributed by atoms with Gasteiger partial charge in [0.05, 0.1) is 6.10 Å². The Morgan fingerprint density at radius 3 is 2.59 bits per heavy atom. The van der Waals surface area contributed by atoms with Crippen LogP contribution in [0.5, 0.6) is 0 Å². The highest BCUT2D eigenvalue weighted by molar-refractivity contribution is 7.98. The molecule has 1 fully saturated rings. The maximum atomic E-state index is 6.00. The maximum absolute atomic E-state index is 6.00. The molecule has 8 heteroatoms. The smallest absolute Gasteiger partial charge is 0.191 e. The number of hydrogen-bond acceptors (Lipinski definition) is 5. The number of rotatable bonds is 11. The number of aryl methyl sites for hydroxylation is 1. The van der Waals surface area contributed by atoms with E-state index in [0.717, 1.165) is 55.9 Å². The minimum absolute atomic E-state index is 0.482. The lowest BCUT2D eigenvalue weighted by molar-refractivity contribution is 0.0277. The van der Waals surface area contributed by atoms with Crippen molar-refractivity contribution < 1.29 is 4.74 Å². The van der Waals surface area contributed by atoms with Gasteiger partial charge in [0.15, 0.2) is 11.8 Å². The van der Waals surface area contributed by atoms with Crippen molar-refractivity contribution in [2.45, 2.75) is 64.5 Å². The number of nitrogens with one attached hydrogen (secondary N) is 2. The average Bonchev–Trinajstić information content (AvgIpc) is 3.01. The number of aromatic nitrogens is 3. The number of nitrogens with zero attached hydrogens (tertiary/aromatic N) is 4. The molecular formula is C19H36N6OS. The third-order valence-electron chi connectivity index (χ3n) is 4.90. The van der Waals surface area contributed by atoms with Crippen LogP contribution in [0.1, 0.15) is 56.6 Å². The third kappa shape index (κ3) is 8.51. The Hall–Kier alpha value is -1.28. The van der Waals surface area contributed by atoms with E-state index in [4.69, 9.17) is 4.74 Å². The summed E-state index contributed by atoms with van der Waals surface area (Å²) in [7, 11) is 1.97. The van der Waals surface area contributed by atoms with Gasteiger partial charge >= 0.3 is 0 Å². The van der Waals surface area contributed by atoms with Crippen LogP contribution in [0.2, 0.25) is 0 Å². The van der Waals surface area contributed by atoms with Gasteiger partial charge in [0, 0.05) is 26.7 Å². The molecule has 2 rings (SSSR count). The molecule has 1 saturated carbocycles. The van der Waals surface area contributed by atoms with Gasteiger partial charge in [-0.2, -0.15) is 11.8 Å². The second-order valence-corrected chi connectivity index (χ2v) is 8.06. The second-order valence-electron chi connectivity index (χ2n) is 7.07. The lowest BCUT2D eigenvalue weighted by Gasteiger charge is -2.22. The Bertz CT molecular complexity index is 556. The van der Waals surface area contributed by atoms with Crippen LogP contribution in [0, 0.1) is 6.92 Å². The van der Waals surface area contributed by atoms with Gasteiger partial charge in [-0.15, -0.1) is 10.2 Å². The first-order chi connectivity index (χ1) is 13.2. The number of ether oxygens (including phenoxy) is 1. The van der Waals surface area contributed by atoms with Crippen LogP contribution in [0.4, 0.5) is 0 Å². The molecule has 1 aromatic rings. The van der Waals surface area contributed by atoms with E-state index in [1.807, 2.05) is 30.3 Å². The van der Waals surface area contributed by atoms with Gasteiger partial charge in [-0.05, 0) is 44.6 Å². The minimum atomic E-state index is 0.482. The molecule has 27 heavy (non-hydrogen) atoms. The summed E-state index contributed by atoms with van der Waals surface area (Å²) in [6, 6.07) is 0. The summed E-state index contributed by atoms with van der Waals surface area (Å²) in [5.41, 5.74) is 0. The van der Waals surface area contributed by atoms with Crippen LogP contribution in [0.3, 0.4) is 0 Å². The lowest BCUT2D eigenvalue weighted by atomic mass is 9.98. The van der Waals surface area contributed by atoms with Crippen molar-refractivity contribution in [1.29, 1.82) is 0 Å². The highest BCUT2D eigenvalue weighted by Gasteiger charge is 2.13. The Labute approximate surface area is 168 Å². The number of thioether (sulfide) groups is 1. The summed E-state index contributed by atoms with van der Waals surface area (Å²) in [5.74, 6) is 3.77. The van der Waals surface area contributed by atoms with Crippen LogP contribution in [-0.4, -0.2) is 58.5 Å². The van der Waals surface area contributed by atoms with E-state index < -0.39 is 0 Å². The molecule has 0 unspecified atom stereocenters. The zero-order valence-electron chi connectivity index (χ0n) is 17.2. The monoisotopic (exact) mass is 396 g/mol. The average molecular weight is 397 g/mol. The topological polar surface area (TPSA) is 76.4 Å². The van der Waals surface area contributed by atoms with E-state index in [0.29, 0.717) is 12.6 Å². The molecule has 1 aliphatic rings. The SMILES string of the molecule is CSCCCNC(=NCc1nnc(C)n1C)NCCCOC1CCCCC1. The zero-order valence-corrected chi connectivity index (χ0v) is 18.0. The fourth-order valence-electron chi connectivity index (χ4n) is 3.10. The van der Waals surface area contributed by atoms with Gasteiger partial charge in [0.1, 0.15) is 12.4 Å². The molecule has 154 valence electrons. The van der Waals surface area contributed by atoms with E-state index in [9.17, 15) is 0 Å². The fraction of sp³-hybridized carbons (Fsp3) is 0.842. The molecule has 0 spiro atoms. The molecule has 1 heterocycles. The Kier molecular flexibility index (Phi) is 10.6. The van der Waals surface area contributed by atoms with Gasteiger partial charge in [-0.1, -0.05) is 19.3 Å². The summed E-state index contributed by atoms with van der Waals surface area (Å²) in [5, 5.41) is 15.1. The van der Waals surface area contributed by atoms with Crippen LogP contribution in [0.15, 0.2) is 4.99 Å². The summed E-state index contributed by atoms with van der Waals surface area (Å²) in [6.45, 7) is 5.07. The molecule has 7 nitrogen and oxygen atoms in total. The molecule has 1 aromatic heterocycles. The molecule has 0 bridgehead atoms. The summed E-state index contributed by atoms with van der Waals surface area (Å²) in [6.07, 6.45) is 11.2. The summed E-state index contributed by atoms with van der Waals surface area (Å²) >= 11 is 1.87. The van der Waals surface area contributed by atoms with E-state index >= 15 is 0 Å². The van der Waals surface area contributed by atoms with Crippen LogP contribution in [0.25, 0.3) is 0 Å². The van der Waals surface area contributed by atoms with Gasteiger partial charge in [0.25, 0.3) is 0 Å². The van der Waals surface area contributed by atoms with Crippen molar-refractivity contribution in [3.63, 3.8) is 0 Å². The Balaban J connectivity index is 1.73. The first-order valence-corrected chi connectivity index (χ1v) is 11.6. The van der Waals surface area contributed by atoms with Gasteiger partial charge in [-0.3, -0.25) is 0 Å². The first-order valence-electron chi connectivity index (χ1n) is 10.2. The molecule has 0 aliphatic heterocycles. The predicted molar refractivity (Wildman–Crippen MR) is 113 cm³/mol. The van der Waals surface area contributed by atoms with E-state index in [1.165, 1.54) is 32.1 Å². The molecule has 0 saturated heterocycles. The van der Waals surface area contributed by atoms with Crippen LogP contribution >= 0.6 is 11.8 Å². The van der Waals surface area contributed by atoms with Crippen molar-refractivity contribution >= 4 is 17.7 Å². The molecule has 0 amide bonds. The van der Waals surface area contributed by atoms with Gasteiger partial charge in [-0.25, -0.2) is 4.99 Å². The second kappa shape index (κ2) is 13.0. The predicted octanol–water partition coefficient (Wildman–Crippen LogP) is 2.65. The summed E-state index contributed by atoms with van der Waals surface area (Å²) < 4.78 is 7.98. The van der Waals surface area contributed by atoms with Gasteiger partial charge < -0.3 is 19.9 Å². The zero-order chi connectivity index (χ0) is 19.3. The van der Waals surface area contributed by atoms with Crippen molar-refractivity contribution in [3.05, 3.63) is 11.6 Å². The molecular weight excluding hydrogens is 360 g/mol. The quantitative estimate of drug-likeness (QED) is 0.340. The minimum Gasteiger partial charge on any atom is -0.378 e. The molecule has 0 radical (unpaired) electrons. The standard InChI is InChI=1S/C19H36N6OS/c1-16-23-24-18(25(16)2)15-22-19(21-12-8-14-27-3)20-11-7-13-26-17-9-5-4-6-10-17/h17H,4-15H2,1-3H3,(H2,20,21,22). The van der Waals surface area contributed by atoms with Crippen molar-refractivity contribution in [1.82, 2.24) is 25.4 Å². The van der Waals surface area contributed by atoms with Crippen molar-refractivity contribution in [2.75, 3.05) is 31.7 Å². The van der Waals surface area contributed by atoms with E-state index in [-0.39, 0.29) is 0 Å². The molecule has 1 aliphatic carbocycles. The normalized spacial score (nSPS) is 15.9. The van der Waals surface area contributed by atoms with Crippen molar-refractivity contribution in [3.8, 4) is 0 Å². The van der Waals surface area contributed by atoms with E-state index in [1.54, 1.807) is 0 Å². The van der Waals surface area contributed by atoms with Gasteiger partial charge in [0.2, 0.25) is 0 Å². The highest BCUT2D eigenvalue weighted by Crippen LogP contribution is 2.20. The third-order valence-corrected chi connectivity index (χ3v) is 5.60. The van der Waals surface area contributed by atoms with E-state index in [2.05, 4.69) is 32.1 Å². The number of guanidine groups is 1. The largest absolute Gasteiger partial charge is 0.378 e. The molecule has 0 atom stereocenters. The first kappa shape index (κ1) is 22.0. The maximum Gasteiger partial charge on any atom is 0.191 e. The fourth-order valence-corrected chi connectivity index (χ4v) is 3.53. The Morgan fingerprint density at radius 2 is 1.93 bits per heavy atom. The summed E-state index contributed by atoms with van der Waals surface area (Å²) in [4.78, 5) is 4.68. The highest BCUT2D eigenvalue weighted by atomic mass is 32.2. The van der Waals surface area contributed by atoms with Crippen LogP contribution in [-0.2, 0) is 18.3 Å². The number of hydrogen-bond donors (Lipinski definition) is 2. The molecule has 0 aromatic carbocycles. The lowest BCUT2D eigenvalue weighted by Crippen LogP contribution is -2.39. The molecule has 2 N–H and O–H groups in total. The Morgan fingerprint density at radius 1 is 1.19 bits per heavy atom. The van der Waals surface area contributed by atoms with Crippen molar-refractivity contribution in [2.24, 2.45) is 12.0 Å². The van der Waals surface area contributed by atoms with Crippen LogP contribution < -0.4 is 10.6 Å². The number of aliphatic imine (C=N–C) groups is 1.